The second-order valence-electron chi connectivity index (χ2n) is 4.67. The third-order valence-corrected chi connectivity index (χ3v) is 3.75. The lowest BCUT2D eigenvalue weighted by Gasteiger charge is -2.11. The summed E-state index contributed by atoms with van der Waals surface area (Å²) >= 11 is 0. The standard InChI is InChI=1S/C15H13FN2O4S/c16-12-4-2-11(3-5-12)14-8-13(9-17)18-10-15(14)22-6-1-7-23(19,20)21/h2-5,8,10H,1,6-7H2,(H,19,20,21). The average molecular weight is 336 g/mol. The number of nitrogens with zero attached hydrogens (tertiary/aromatic N) is 2. The van der Waals surface area contributed by atoms with E-state index >= 15 is 0 Å². The monoisotopic (exact) mass is 336 g/mol. The highest BCUT2D eigenvalue weighted by Gasteiger charge is 2.10. The number of pyridine rings is 1. The molecule has 0 aliphatic carbocycles. The van der Waals surface area contributed by atoms with Crippen molar-refractivity contribution in [2.45, 2.75) is 6.42 Å². The van der Waals surface area contributed by atoms with Crippen LogP contribution in [0.2, 0.25) is 0 Å². The molecule has 0 atom stereocenters. The van der Waals surface area contributed by atoms with Crippen molar-refractivity contribution in [1.29, 1.82) is 5.26 Å². The van der Waals surface area contributed by atoms with E-state index in [1.807, 2.05) is 6.07 Å². The molecule has 6 nitrogen and oxygen atoms in total. The molecule has 0 saturated carbocycles. The van der Waals surface area contributed by atoms with Crippen molar-refractivity contribution in [1.82, 2.24) is 4.98 Å². The minimum atomic E-state index is -4.04. The zero-order valence-corrected chi connectivity index (χ0v) is 12.8. The van der Waals surface area contributed by atoms with E-state index in [1.54, 1.807) is 0 Å². The van der Waals surface area contributed by atoms with Crippen LogP contribution in [0.5, 0.6) is 5.75 Å². The third kappa shape index (κ3) is 5.02. The topological polar surface area (TPSA) is 100 Å². The zero-order chi connectivity index (χ0) is 16.9. The van der Waals surface area contributed by atoms with Gasteiger partial charge in [-0.25, -0.2) is 9.37 Å². The fourth-order valence-electron chi connectivity index (χ4n) is 1.90. The highest BCUT2D eigenvalue weighted by atomic mass is 32.2. The fraction of sp³-hybridized carbons (Fsp3) is 0.200. The number of benzene rings is 1. The van der Waals surface area contributed by atoms with E-state index in [0.29, 0.717) is 16.9 Å². The van der Waals surface area contributed by atoms with Crippen molar-refractivity contribution in [3.8, 4) is 22.9 Å². The van der Waals surface area contributed by atoms with Crippen LogP contribution in [0.3, 0.4) is 0 Å². The lowest BCUT2D eigenvalue weighted by atomic mass is 10.1. The summed E-state index contributed by atoms with van der Waals surface area (Å²) in [5, 5.41) is 8.94. The lowest BCUT2D eigenvalue weighted by Crippen LogP contribution is -2.09. The molecular formula is C15H13FN2O4S. The minimum Gasteiger partial charge on any atom is -0.491 e. The Labute approximate surface area is 132 Å². The second-order valence-corrected chi connectivity index (χ2v) is 6.24. The molecule has 0 amide bonds. The summed E-state index contributed by atoms with van der Waals surface area (Å²) in [4.78, 5) is 3.90. The maximum atomic E-state index is 13.0. The van der Waals surface area contributed by atoms with Gasteiger partial charge < -0.3 is 4.74 Å². The highest BCUT2D eigenvalue weighted by molar-refractivity contribution is 7.85. The van der Waals surface area contributed by atoms with Gasteiger partial charge in [-0.05, 0) is 30.2 Å². The molecule has 1 aromatic carbocycles. The van der Waals surface area contributed by atoms with Crippen LogP contribution in [0.4, 0.5) is 4.39 Å². The van der Waals surface area contributed by atoms with Crippen molar-refractivity contribution in [2.75, 3.05) is 12.4 Å². The van der Waals surface area contributed by atoms with Crippen molar-refractivity contribution < 1.29 is 22.1 Å². The SMILES string of the molecule is N#Cc1cc(-c2ccc(F)cc2)c(OCCCS(=O)(=O)O)cn1. The first kappa shape index (κ1) is 16.9. The Morgan fingerprint density at radius 3 is 2.61 bits per heavy atom. The first-order valence-electron chi connectivity index (χ1n) is 6.63. The van der Waals surface area contributed by atoms with Crippen LogP contribution in [-0.2, 0) is 10.1 Å². The van der Waals surface area contributed by atoms with E-state index in [1.165, 1.54) is 36.5 Å². The molecule has 23 heavy (non-hydrogen) atoms. The van der Waals surface area contributed by atoms with E-state index < -0.39 is 15.9 Å². The molecule has 120 valence electrons. The molecule has 0 aliphatic rings. The van der Waals surface area contributed by atoms with Gasteiger partial charge in [-0.1, -0.05) is 12.1 Å². The average Bonchev–Trinajstić information content (AvgIpc) is 2.51. The first-order chi connectivity index (χ1) is 10.9. The Morgan fingerprint density at radius 2 is 2.00 bits per heavy atom. The molecule has 0 radical (unpaired) electrons. The minimum absolute atomic E-state index is 0.0432. The largest absolute Gasteiger partial charge is 0.491 e. The van der Waals surface area contributed by atoms with Crippen LogP contribution < -0.4 is 4.74 Å². The Morgan fingerprint density at radius 1 is 1.30 bits per heavy atom. The Balaban J connectivity index is 2.22. The summed E-state index contributed by atoms with van der Waals surface area (Å²) in [6, 6.07) is 9.06. The summed E-state index contributed by atoms with van der Waals surface area (Å²) in [5.41, 5.74) is 1.35. The second kappa shape index (κ2) is 7.17. The maximum absolute atomic E-state index is 13.0. The number of halogens is 1. The summed E-state index contributed by atoms with van der Waals surface area (Å²) < 4.78 is 48.5. The normalized spacial score (nSPS) is 11.0. The molecule has 0 bridgehead atoms. The number of ether oxygens (including phenoxy) is 1. The molecule has 2 aromatic rings. The van der Waals surface area contributed by atoms with Crippen LogP contribution in [0.25, 0.3) is 11.1 Å². The van der Waals surface area contributed by atoms with Crippen molar-refractivity contribution >= 4 is 10.1 Å². The zero-order valence-electron chi connectivity index (χ0n) is 11.9. The quantitative estimate of drug-likeness (QED) is 0.642. The molecule has 8 heteroatoms. The molecular weight excluding hydrogens is 323 g/mol. The summed E-state index contributed by atoms with van der Waals surface area (Å²) in [6.07, 6.45) is 1.45. The van der Waals surface area contributed by atoms with Gasteiger partial charge in [0.15, 0.2) is 0 Å². The summed E-state index contributed by atoms with van der Waals surface area (Å²) in [5.74, 6) is -0.465. The fourth-order valence-corrected chi connectivity index (χ4v) is 2.38. The molecule has 0 fully saturated rings. The lowest BCUT2D eigenvalue weighted by molar-refractivity contribution is 0.316. The van der Waals surface area contributed by atoms with Gasteiger partial charge in [-0.3, -0.25) is 4.55 Å². The van der Waals surface area contributed by atoms with E-state index in [4.69, 9.17) is 14.6 Å². The number of aromatic nitrogens is 1. The molecule has 2 rings (SSSR count). The number of hydrogen-bond acceptors (Lipinski definition) is 5. The Hall–Kier alpha value is -2.50. The predicted octanol–water partition coefficient (Wildman–Crippen LogP) is 2.42. The first-order valence-corrected chi connectivity index (χ1v) is 8.24. The van der Waals surface area contributed by atoms with Crippen LogP contribution in [0.1, 0.15) is 12.1 Å². The van der Waals surface area contributed by atoms with Crippen molar-refractivity contribution in [2.24, 2.45) is 0 Å². The summed E-state index contributed by atoms with van der Waals surface area (Å²) in [6.45, 7) is 0.0432. The van der Waals surface area contributed by atoms with E-state index in [-0.39, 0.29) is 24.5 Å². The van der Waals surface area contributed by atoms with Crippen LogP contribution in [0.15, 0.2) is 36.5 Å². The van der Waals surface area contributed by atoms with Gasteiger partial charge in [0, 0.05) is 5.56 Å². The van der Waals surface area contributed by atoms with Gasteiger partial charge >= 0.3 is 0 Å². The Bertz CT molecular complexity index is 830. The van der Waals surface area contributed by atoms with Crippen LogP contribution >= 0.6 is 0 Å². The van der Waals surface area contributed by atoms with E-state index in [9.17, 15) is 12.8 Å². The van der Waals surface area contributed by atoms with Crippen LogP contribution in [0, 0.1) is 17.1 Å². The van der Waals surface area contributed by atoms with Gasteiger partial charge in [0.1, 0.15) is 23.3 Å². The molecule has 1 N–H and O–H groups in total. The number of nitriles is 1. The molecule has 0 spiro atoms. The maximum Gasteiger partial charge on any atom is 0.264 e. The highest BCUT2D eigenvalue weighted by Crippen LogP contribution is 2.30. The number of rotatable bonds is 6. The van der Waals surface area contributed by atoms with Gasteiger partial charge in [-0.15, -0.1) is 0 Å². The van der Waals surface area contributed by atoms with Crippen molar-refractivity contribution in [3.05, 3.63) is 48.0 Å². The smallest absolute Gasteiger partial charge is 0.264 e. The molecule has 1 aromatic heterocycles. The number of hydrogen-bond donors (Lipinski definition) is 1. The predicted molar refractivity (Wildman–Crippen MR) is 80.9 cm³/mol. The third-order valence-electron chi connectivity index (χ3n) is 2.94. The summed E-state index contributed by atoms with van der Waals surface area (Å²) in [7, 11) is -4.04. The van der Waals surface area contributed by atoms with E-state index in [2.05, 4.69) is 4.98 Å². The molecule has 0 unspecified atom stereocenters. The van der Waals surface area contributed by atoms with Crippen molar-refractivity contribution in [3.63, 3.8) is 0 Å². The van der Waals surface area contributed by atoms with Gasteiger partial charge in [0.05, 0.1) is 18.6 Å². The van der Waals surface area contributed by atoms with E-state index in [0.717, 1.165) is 0 Å². The molecule has 0 saturated heterocycles. The molecule has 1 heterocycles. The van der Waals surface area contributed by atoms with Gasteiger partial charge in [-0.2, -0.15) is 13.7 Å². The van der Waals surface area contributed by atoms with Gasteiger partial charge in [0.2, 0.25) is 0 Å². The van der Waals surface area contributed by atoms with Gasteiger partial charge in [0.25, 0.3) is 10.1 Å². The Kier molecular flexibility index (Phi) is 5.26. The molecule has 0 aliphatic heterocycles. The van der Waals surface area contributed by atoms with Crippen LogP contribution in [-0.4, -0.2) is 30.3 Å².